The van der Waals surface area contributed by atoms with Crippen LogP contribution in [0.25, 0.3) is 0 Å². The van der Waals surface area contributed by atoms with Gasteiger partial charge in [0.1, 0.15) is 0 Å². The SMILES string of the molecule is CCCCN(CCOS(=O)(=O)O)c1ccccc1. The maximum atomic E-state index is 10.5. The van der Waals surface area contributed by atoms with Crippen molar-refractivity contribution < 1.29 is 17.2 Å². The van der Waals surface area contributed by atoms with Crippen LogP contribution < -0.4 is 4.90 Å². The van der Waals surface area contributed by atoms with Crippen molar-refractivity contribution in [2.24, 2.45) is 0 Å². The first-order valence-electron chi connectivity index (χ1n) is 5.95. The Balaban J connectivity index is 2.56. The number of hydrogen-bond acceptors (Lipinski definition) is 4. The predicted octanol–water partition coefficient (Wildman–Crippen LogP) is 2.11. The monoisotopic (exact) mass is 273 g/mol. The summed E-state index contributed by atoms with van der Waals surface area (Å²) in [4.78, 5) is 2.04. The lowest BCUT2D eigenvalue weighted by Gasteiger charge is -2.24. The molecule has 0 aliphatic rings. The molecule has 102 valence electrons. The Kier molecular flexibility index (Phi) is 6.11. The number of para-hydroxylation sites is 1. The van der Waals surface area contributed by atoms with Crippen molar-refractivity contribution in [1.82, 2.24) is 0 Å². The second-order valence-corrected chi connectivity index (χ2v) is 5.02. The molecule has 1 aromatic carbocycles. The van der Waals surface area contributed by atoms with Crippen LogP contribution in [-0.2, 0) is 14.6 Å². The molecular weight excluding hydrogens is 254 g/mol. The van der Waals surface area contributed by atoms with Crippen molar-refractivity contribution in [3.05, 3.63) is 30.3 Å². The van der Waals surface area contributed by atoms with Crippen LogP contribution in [0.2, 0.25) is 0 Å². The number of unbranched alkanes of at least 4 members (excludes halogenated alkanes) is 1. The molecule has 0 saturated heterocycles. The van der Waals surface area contributed by atoms with Gasteiger partial charge in [-0.15, -0.1) is 0 Å². The van der Waals surface area contributed by atoms with E-state index in [9.17, 15) is 8.42 Å². The molecule has 0 amide bonds. The van der Waals surface area contributed by atoms with E-state index in [-0.39, 0.29) is 6.61 Å². The largest absolute Gasteiger partial charge is 0.397 e. The van der Waals surface area contributed by atoms with E-state index in [0.29, 0.717) is 6.54 Å². The van der Waals surface area contributed by atoms with Crippen LogP contribution in [0.4, 0.5) is 5.69 Å². The molecule has 0 atom stereocenters. The van der Waals surface area contributed by atoms with Crippen LogP contribution in [0.15, 0.2) is 30.3 Å². The van der Waals surface area contributed by atoms with E-state index in [1.165, 1.54) is 0 Å². The van der Waals surface area contributed by atoms with Gasteiger partial charge in [-0.1, -0.05) is 31.5 Å². The van der Waals surface area contributed by atoms with Gasteiger partial charge in [-0.3, -0.25) is 4.55 Å². The smallest absolute Gasteiger partial charge is 0.369 e. The van der Waals surface area contributed by atoms with Crippen LogP contribution in [-0.4, -0.2) is 32.7 Å². The Labute approximate surface area is 108 Å². The quantitative estimate of drug-likeness (QED) is 0.735. The van der Waals surface area contributed by atoms with Crippen molar-refractivity contribution in [3.63, 3.8) is 0 Å². The molecule has 5 nitrogen and oxygen atoms in total. The Morgan fingerprint density at radius 2 is 1.89 bits per heavy atom. The lowest BCUT2D eigenvalue weighted by atomic mass is 10.2. The number of rotatable bonds is 8. The molecule has 1 aromatic rings. The molecule has 0 bridgehead atoms. The first-order chi connectivity index (χ1) is 8.53. The molecule has 1 rings (SSSR count). The van der Waals surface area contributed by atoms with Crippen LogP contribution in [0.5, 0.6) is 0 Å². The van der Waals surface area contributed by atoms with Crippen LogP contribution in [0.1, 0.15) is 19.8 Å². The summed E-state index contributed by atoms with van der Waals surface area (Å²) in [5.74, 6) is 0. The summed E-state index contributed by atoms with van der Waals surface area (Å²) < 4.78 is 33.8. The normalized spacial score (nSPS) is 11.4. The minimum absolute atomic E-state index is 0.0581. The second-order valence-electron chi connectivity index (χ2n) is 3.93. The number of nitrogens with zero attached hydrogens (tertiary/aromatic N) is 1. The number of anilines is 1. The van der Waals surface area contributed by atoms with Gasteiger partial charge >= 0.3 is 10.4 Å². The fourth-order valence-corrected chi connectivity index (χ4v) is 1.90. The molecule has 0 aliphatic heterocycles. The molecule has 0 aromatic heterocycles. The highest BCUT2D eigenvalue weighted by Crippen LogP contribution is 2.13. The number of hydrogen-bond donors (Lipinski definition) is 1. The molecule has 1 N–H and O–H groups in total. The molecule has 18 heavy (non-hydrogen) atoms. The molecule has 0 spiro atoms. The second kappa shape index (κ2) is 7.35. The third-order valence-corrected chi connectivity index (χ3v) is 2.96. The molecule has 0 fully saturated rings. The maximum Gasteiger partial charge on any atom is 0.397 e. The summed E-state index contributed by atoms with van der Waals surface area (Å²) in [6.07, 6.45) is 2.07. The average Bonchev–Trinajstić information content (AvgIpc) is 2.33. The van der Waals surface area contributed by atoms with Crippen molar-refractivity contribution in [2.75, 3.05) is 24.6 Å². The molecule has 0 heterocycles. The third kappa shape index (κ3) is 6.00. The summed E-state index contributed by atoms with van der Waals surface area (Å²) in [6.45, 7) is 3.29. The summed E-state index contributed by atoms with van der Waals surface area (Å²) in [5.41, 5.74) is 1.02. The first-order valence-corrected chi connectivity index (χ1v) is 7.31. The van der Waals surface area contributed by atoms with E-state index in [4.69, 9.17) is 4.55 Å². The van der Waals surface area contributed by atoms with E-state index in [0.717, 1.165) is 25.1 Å². The summed E-state index contributed by atoms with van der Waals surface area (Å²) in [5, 5.41) is 0. The third-order valence-electron chi connectivity index (χ3n) is 2.50. The molecule has 0 saturated carbocycles. The van der Waals surface area contributed by atoms with Gasteiger partial charge in [0, 0.05) is 18.8 Å². The first kappa shape index (κ1) is 14.9. The van der Waals surface area contributed by atoms with Crippen LogP contribution in [0, 0.1) is 0 Å². The summed E-state index contributed by atoms with van der Waals surface area (Å²) in [7, 11) is -4.35. The minimum atomic E-state index is -4.35. The van der Waals surface area contributed by atoms with Crippen molar-refractivity contribution in [2.45, 2.75) is 19.8 Å². The zero-order valence-corrected chi connectivity index (χ0v) is 11.3. The molecule has 0 aliphatic carbocycles. The van der Waals surface area contributed by atoms with Gasteiger partial charge in [0.25, 0.3) is 0 Å². The van der Waals surface area contributed by atoms with Crippen LogP contribution >= 0.6 is 0 Å². The molecule has 0 radical (unpaired) electrons. The van der Waals surface area contributed by atoms with Gasteiger partial charge in [-0.05, 0) is 18.6 Å². The molecule has 6 heteroatoms. The Bertz CT molecular complexity index is 433. The van der Waals surface area contributed by atoms with E-state index >= 15 is 0 Å². The highest BCUT2D eigenvalue weighted by Gasteiger charge is 2.08. The molecular formula is C12H19NO4S. The molecule has 0 unspecified atom stereocenters. The lowest BCUT2D eigenvalue weighted by molar-refractivity contribution is 0.273. The summed E-state index contributed by atoms with van der Waals surface area (Å²) >= 11 is 0. The highest BCUT2D eigenvalue weighted by molar-refractivity contribution is 7.80. The van der Waals surface area contributed by atoms with E-state index in [1.54, 1.807) is 0 Å². The Hall–Kier alpha value is -1.11. The fraction of sp³-hybridized carbons (Fsp3) is 0.500. The van der Waals surface area contributed by atoms with Crippen LogP contribution in [0.3, 0.4) is 0 Å². The van der Waals surface area contributed by atoms with Gasteiger partial charge in [0.15, 0.2) is 0 Å². The highest BCUT2D eigenvalue weighted by atomic mass is 32.3. The Morgan fingerprint density at radius 3 is 2.44 bits per heavy atom. The fourth-order valence-electron chi connectivity index (χ4n) is 1.61. The van der Waals surface area contributed by atoms with Gasteiger partial charge in [-0.2, -0.15) is 8.42 Å². The summed E-state index contributed by atoms with van der Waals surface area (Å²) in [6, 6.07) is 9.71. The zero-order valence-electron chi connectivity index (χ0n) is 10.4. The average molecular weight is 273 g/mol. The lowest BCUT2D eigenvalue weighted by Crippen LogP contribution is -2.29. The number of benzene rings is 1. The van der Waals surface area contributed by atoms with Crippen molar-refractivity contribution >= 4 is 16.1 Å². The van der Waals surface area contributed by atoms with Crippen molar-refractivity contribution in [1.29, 1.82) is 0 Å². The Morgan fingerprint density at radius 1 is 1.22 bits per heavy atom. The maximum absolute atomic E-state index is 10.5. The van der Waals surface area contributed by atoms with E-state index in [2.05, 4.69) is 11.1 Å². The van der Waals surface area contributed by atoms with Gasteiger partial charge in [0.05, 0.1) is 6.61 Å². The topological polar surface area (TPSA) is 66.8 Å². The van der Waals surface area contributed by atoms with Crippen molar-refractivity contribution in [3.8, 4) is 0 Å². The van der Waals surface area contributed by atoms with E-state index in [1.807, 2.05) is 35.2 Å². The standard InChI is InChI=1S/C12H19NO4S/c1-2-3-9-13(10-11-17-18(14,15)16)12-7-5-4-6-8-12/h4-8H,2-3,9-11H2,1H3,(H,14,15,16). The zero-order chi connectivity index (χ0) is 13.4. The van der Waals surface area contributed by atoms with E-state index < -0.39 is 10.4 Å². The minimum Gasteiger partial charge on any atom is -0.369 e. The van der Waals surface area contributed by atoms with Gasteiger partial charge in [-0.25, -0.2) is 4.18 Å². The predicted molar refractivity (Wildman–Crippen MR) is 71.1 cm³/mol. The van der Waals surface area contributed by atoms with Gasteiger partial charge < -0.3 is 4.90 Å². The van der Waals surface area contributed by atoms with Gasteiger partial charge in [0.2, 0.25) is 0 Å².